The molecule has 2 atom stereocenters. The van der Waals surface area contributed by atoms with Crippen molar-refractivity contribution in [3.63, 3.8) is 0 Å². The van der Waals surface area contributed by atoms with Crippen LogP contribution in [0.1, 0.15) is 18.1 Å². The van der Waals surface area contributed by atoms with Gasteiger partial charge in [0.25, 0.3) is 0 Å². The third kappa shape index (κ3) is 1.81. The number of hydrogen-bond donors (Lipinski definition) is 1. The van der Waals surface area contributed by atoms with Crippen LogP contribution in [0.2, 0.25) is 0 Å². The number of carbonyl (C=O) groups excluding carboxylic acids is 1. The van der Waals surface area contributed by atoms with E-state index in [0.29, 0.717) is 12.0 Å². The fourth-order valence-electron chi connectivity index (χ4n) is 3.69. The number of fused-ring (bicyclic) bond motifs is 2. The average molecular weight is 268 g/mol. The number of benzene rings is 1. The van der Waals surface area contributed by atoms with E-state index in [9.17, 15) is 0 Å². The molecule has 0 fully saturated rings. The number of hydrogen-bond acceptors (Lipinski definition) is 2. The Morgan fingerprint density at radius 3 is 2.95 bits per heavy atom. The summed E-state index contributed by atoms with van der Waals surface area (Å²) in [5.41, 5.74) is 5.74. The van der Waals surface area contributed by atoms with Crippen LogP contribution in [0.25, 0.3) is 16.5 Å². The zero-order chi connectivity index (χ0) is 14.3. The first-order chi connectivity index (χ1) is 9.74. The number of H-pyrrole nitrogens is 1. The van der Waals surface area contributed by atoms with Crippen LogP contribution in [-0.4, -0.2) is 36.3 Å². The molecule has 0 radical (unpaired) electrons. The van der Waals surface area contributed by atoms with Gasteiger partial charge in [-0.1, -0.05) is 25.1 Å². The Bertz CT molecular complexity index is 671. The van der Waals surface area contributed by atoms with E-state index in [1.807, 2.05) is 6.79 Å². The second-order valence-corrected chi connectivity index (χ2v) is 5.80. The van der Waals surface area contributed by atoms with E-state index in [0.717, 1.165) is 6.42 Å². The molecule has 2 aliphatic rings. The van der Waals surface area contributed by atoms with Crippen LogP contribution in [0.5, 0.6) is 0 Å². The van der Waals surface area contributed by atoms with Gasteiger partial charge in [0.05, 0.1) is 0 Å². The number of nitrogens with one attached hydrogen (secondary N) is 1. The smallest absolute Gasteiger partial charge is 0.106 e. The molecular formula is C17H20N2O. The van der Waals surface area contributed by atoms with Crippen molar-refractivity contribution in [3.8, 4) is 0 Å². The molecule has 104 valence electrons. The van der Waals surface area contributed by atoms with Gasteiger partial charge in [0.2, 0.25) is 0 Å². The van der Waals surface area contributed by atoms with Crippen LogP contribution in [0.4, 0.5) is 0 Å². The first-order valence-electron chi connectivity index (χ1n) is 7.04. The largest absolute Gasteiger partial charge is 0.361 e. The first kappa shape index (κ1) is 13.1. The zero-order valence-electron chi connectivity index (χ0n) is 12.0. The van der Waals surface area contributed by atoms with Crippen molar-refractivity contribution in [2.75, 3.05) is 13.6 Å². The highest BCUT2D eigenvalue weighted by Crippen LogP contribution is 2.40. The van der Waals surface area contributed by atoms with Crippen LogP contribution >= 0.6 is 0 Å². The van der Waals surface area contributed by atoms with Crippen LogP contribution in [0.15, 0.2) is 30.5 Å². The van der Waals surface area contributed by atoms with Gasteiger partial charge >= 0.3 is 0 Å². The Hall–Kier alpha value is -1.87. The van der Waals surface area contributed by atoms with Crippen LogP contribution in [0.3, 0.4) is 0 Å². The summed E-state index contributed by atoms with van der Waals surface area (Å²) in [5, 5.41) is 1.45. The molecule has 1 aliphatic heterocycles. The molecule has 0 amide bonds. The lowest BCUT2D eigenvalue weighted by molar-refractivity contribution is -0.0979. The predicted molar refractivity (Wildman–Crippen MR) is 82.7 cm³/mol. The topological polar surface area (TPSA) is 36.1 Å². The van der Waals surface area contributed by atoms with Crippen LogP contribution < -0.4 is 0 Å². The molecule has 1 aromatic carbocycles. The molecule has 2 aromatic rings. The molecule has 4 rings (SSSR count). The highest BCUT2D eigenvalue weighted by molar-refractivity contribution is 5.98. The third-order valence-corrected chi connectivity index (χ3v) is 4.44. The highest BCUT2D eigenvalue weighted by Gasteiger charge is 2.32. The van der Waals surface area contributed by atoms with E-state index < -0.39 is 0 Å². The average Bonchev–Trinajstić information content (AvgIpc) is 2.87. The number of aromatic amines is 1. The third-order valence-electron chi connectivity index (χ3n) is 4.44. The molecule has 0 bridgehead atoms. The van der Waals surface area contributed by atoms with Gasteiger partial charge in [-0.2, -0.15) is 0 Å². The summed E-state index contributed by atoms with van der Waals surface area (Å²) in [6.07, 6.45) is 5.82. The summed E-state index contributed by atoms with van der Waals surface area (Å²) in [4.78, 5) is 13.9. The first-order valence-corrected chi connectivity index (χ1v) is 7.04. The Labute approximate surface area is 119 Å². The standard InChI is InChI=1S/C16H18N2.CH2O/c1-10-6-13-12-4-3-5-14-16(12)11(8-17-14)7-15(13)18(2)9-10;1-2/h3-6,8,10,15,17H,7,9H2,1-2H3;1H2. The Kier molecular flexibility index (Phi) is 3.22. The number of rotatable bonds is 0. The van der Waals surface area contributed by atoms with Gasteiger partial charge in [0, 0.05) is 29.7 Å². The minimum atomic E-state index is 0.565. The molecule has 20 heavy (non-hydrogen) atoms. The number of carbonyl (C=O) groups is 1. The molecule has 1 aliphatic carbocycles. The summed E-state index contributed by atoms with van der Waals surface area (Å²) in [5.74, 6) is 0.650. The maximum Gasteiger partial charge on any atom is 0.106 e. The Morgan fingerprint density at radius 1 is 1.35 bits per heavy atom. The van der Waals surface area contributed by atoms with Crippen molar-refractivity contribution in [2.45, 2.75) is 19.4 Å². The van der Waals surface area contributed by atoms with Crippen molar-refractivity contribution in [1.82, 2.24) is 9.88 Å². The second kappa shape index (κ2) is 4.91. The van der Waals surface area contributed by atoms with Gasteiger partial charge in [-0.05, 0) is 42.2 Å². The van der Waals surface area contributed by atoms with Gasteiger partial charge in [-0.25, -0.2) is 0 Å². The van der Waals surface area contributed by atoms with Crippen LogP contribution in [-0.2, 0) is 11.2 Å². The van der Waals surface area contributed by atoms with Crippen molar-refractivity contribution >= 4 is 23.3 Å². The fourth-order valence-corrected chi connectivity index (χ4v) is 3.69. The van der Waals surface area contributed by atoms with Gasteiger partial charge in [0.15, 0.2) is 0 Å². The summed E-state index contributed by atoms with van der Waals surface area (Å²) in [6.45, 7) is 5.48. The molecule has 3 heteroatoms. The van der Waals surface area contributed by atoms with E-state index in [2.05, 4.69) is 54.3 Å². The van der Waals surface area contributed by atoms with Gasteiger partial charge in [0.1, 0.15) is 6.79 Å². The Balaban J connectivity index is 0.000000581. The molecule has 2 heterocycles. The second-order valence-electron chi connectivity index (χ2n) is 5.80. The maximum atomic E-state index is 8.00. The molecule has 2 unspecified atom stereocenters. The zero-order valence-corrected chi connectivity index (χ0v) is 12.0. The highest BCUT2D eigenvalue weighted by atomic mass is 16.1. The number of aromatic nitrogens is 1. The molecule has 1 aromatic heterocycles. The lowest BCUT2D eigenvalue weighted by Gasteiger charge is -2.39. The molecule has 0 saturated carbocycles. The van der Waals surface area contributed by atoms with E-state index >= 15 is 0 Å². The number of likely N-dealkylation sites (N-methyl/N-ethyl adjacent to an activating group) is 1. The van der Waals surface area contributed by atoms with Crippen molar-refractivity contribution in [1.29, 1.82) is 0 Å². The quantitative estimate of drug-likeness (QED) is 0.797. The van der Waals surface area contributed by atoms with Gasteiger partial charge in [-0.3, -0.25) is 4.90 Å². The van der Waals surface area contributed by atoms with E-state index in [1.165, 1.54) is 34.1 Å². The SMILES string of the molecule is C=O.CC1C=C2c3cccc4[nH]cc(c34)CC2N(C)C1. The fraction of sp³-hybridized carbons (Fsp3) is 0.353. The summed E-state index contributed by atoms with van der Waals surface area (Å²) in [6, 6.07) is 7.19. The van der Waals surface area contributed by atoms with Gasteiger partial charge in [-0.15, -0.1) is 0 Å². The molecule has 3 nitrogen and oxygen atoms in total. The lowest BCUT2D eigenvalue weighted by atomic mass is 9.80. The van der Waals surface area contributed by atoms with E-state index in [-0.39, 0.29) is 0 Å². The Morgan fingerprint density at radius 2 is 2.15 bits per heavy atom. The molecule has 0 saturated heterocycles. The summed E-state index contributed by atoms with van der Waals surface area (Å²) < 4.78 is 0. The van der Waals surface area contributed by atoms with E-state index in [4.69, 9.17) is 4.79 Å². The minimum absolute atomic E-state index is 0.565. The van der Waals surface area contributed by atoms with Gasteiger partial charge < -0.3 is 9.78 Å². The number of nitrogens with zero attached hydrogens (tertiary/aromatic N) is 1. The van der Waals surface area contributed by atoms with Crippen molar-refractivity contribution in [3.05, 3.63) is 41.6 Å². The molecule has 1 N–H and O–H groups in total. The summed E-state index contributed by atoms with van der Waals surface area (Å²) in [7, 11) is 2.26. The van der Waals surface area contributed by atoms with E-state index in [1.54, 1.807) is 0 Å². The maximum absolute atomic E-state index is 8.00. The predicted octanol–water partition coefficient (Wildman–Crippen LogP) is 2.87. The lowest BCUT2D eigenvalue weighted by Crippen LogP contribution is -2.41. The molecular weight excluding hydrogens is 248 g/mol. The summed E-state index contributed by atoms with van der Waals surface area (Å²) >= 11 is 0. The molecule has 0 spiro atoms. The normalized spacial score (nSPS) is 24.6. The monoisotopic (exact) mass is 268 g/mol. The van der Waals surface area contributed by atoms with Crippen molar-refractivity contribution < 1.29 is 4.79 Å². The van der Waals surface area contributed by atoms with Crippen LogP contribution in [0, 0.1) is 5.92 Å². The minimum Gasteiger partial charge on any atom is -0.361 e. The van der Waals surface area contributed by atoms with Crippen molar-refractivity contribution in [2.24, 2.45) is 5.92 Å².